The fourth-order valence-electron chi connectivity index (χ4n) is 0.777. The summed E-state index contributed by atoms with van der Waals surface area (Å²) >= 11 is 1.68. The Balaban J connectivity index is 3.53. The summed E-state index contributed by atoms with van der Waals surface area (Å²) in [6.45, 7) is 3.98. The second kappa shape index (κ2) is 7.55. The molecule has 0 spiro atoms. The summed E-state index contributed by atoms with van der Waals surface area (Å²) in [5.74, 6) is 1.48. The molecule has 0 aromatic heterocycles. The third-order valence-electron chi connectivity index (χ3n) is 1.83. The van der Waals surface area contributed by atoms with E-state index >= 15 is 0 Å². The minimum Gasteiger partial charge on any atom is -0.396 e. The topological polar surface area (TPSA) is 73.1 Å². The van der Waals surface area contributed by atoms with Crippen LogP contribution < -0.4 is 5.32 Å². The van der Waals surface area contributed by atoms with Gasteiger partial charge in [-0.2, -0.15) is 17.0 Å². The minimum atomic E-state index is -0.949. The van der Waals surface area contributed by atoms with Gasteiger partial charge in [-0.05, 0) is 26.0 Å². The largest absolute Gasteiger partial charge is 0.396 e. The third-order valence-corrected chi connectivity index (χ3v) is 2.90. The van der Waals surface area contributed by atoms with Crippen LogP contribution in [0.1, 0.15) is 20.3 Å². The molecule has 0 saturated heterocycles. The SMILES string of the molecule is CC(C)(C#N)C(=O)NCCSCCCO. The van der Waals surface area contributed by atoms with Gasteiger partial charge in [0.15, 0.2) is 0 Å². The average molecular weight is 230 g/mol. The number of nitrogens with one attached hydrogen (secondary N) is 1. The summed E-state index contributed by atoms with van der Waals surface area (Å²) in [6.07, 6.45) is 0.780. The van der Waals surface area contributed by atoms with Crippen LogP contribution in [0.15, 0.2) is 0 Å². The van der Waals surface area contributed by atoms with Crippen molar-refractivity contribution >= 4 is 17.7 Å². The maximum atomic E-state index is 11.4. The van der Waals surface area contributed by atoms with Crippen molar-refractivity contribution in [1.29, 1.82) is 5.26 Å². The fourth-order valence-corrected chi connectivity index (χ4v) is 1.56. The zero-order chi connectivity index (χ0) is 11.7. The summed E-state index contributed by atoms with van der Waals surface area (Å²) in [5, 5.41) is 19.9. The Morgan fingerprint density at radius 2 is 2.20 bits per heavy atom. The van der Waals surface area contributed by atoms with Crippen molar-refractivity contribution < 1.29 is 9.90 Å². The van der Waals surface area contributed by atoms with Crippen molar-refractivity contribution in [2.24, 2.45) is 5.41 Å². The monoisotopic (exact) mass is 230 g/mol. The highest BCUT2D eigenvalue weighted by atomic mass is 32.2. The molecule has 0 saturated carbocycles. The van der Waals surface area contributed by atoms with E-state index in [1.165, 1.54) is 0 Å². The molecule has 86 valence electrons. The second-order valence-electron chi connectivity index (χ2n) is 3.68. The first-order valence-electron chi connectivity index (χ1n) is 4.92. The van der Waals surface area contributed by atoms with E-state index in [0.29, 0.717) is 6.54 Å². The molecule has 0 aliphatic rings. The smallest absolute Gasteiger partial charge is 0.239 e. The van der Waals surface area contributed by atoms with Gasteiger partial charge < -0.3 is 10.4 Å². The molecule has 5 heteroatoms. The molecule has 0 radical (unpaired) electrons. The Bertz CT molecular complexity index is 236. The third kappa shape index (κ3) is 6.37. The molecule has 0 atom stereocenters. The molecule has 0 aliphatic carbocycles. The Hall–Kier alpha value is -0.730. The van der Waals surface area contributed by atoms with E-state index in [9.17, 15) is 4.79 Å². The van der Waals surface area contributed by atoms with Crippen LogP contribution in [0.5, 0.6) is 0 Å². The summed E-state index contributed by atoms with van der Waals surface area (Å²) in [4.78, 5) is 11.4. The van der Waals surface area contributed by atoms with Crippen molar-refractivity contribution in [3.05, 3.63) is 0 Å². The van der Waals surface area contributed by atoms with Crippen LogP contribution in [0, 0.1) is 16.7 Å². The van der Waals surface area contributed by atoms with Gasteiger partial charge in [-0.15, -0.1) is 0 Å². The Labute approximate surface area is 95.0 Å². The number of aliphatic hydroxyl groups excluding tert-OH is 1. The number of nitrogens with zero attached hydrogens (tertiary/aromatic N) is 1. The molecular weight excluding hydrogens is 212 g/mol. The lowest BCUT2D eigenvalue weighted by molar-refractivity contribution is -0.126. The Morgan fingerprint density at radius 3 is 2.73 bits per heavy atom. The quantitative estimate of drug-likeness (QED) is 0.634. The number of aliphatic hydroxyl groups is 1. The van der Waals surface area contributed by atoms with Crippen LogP contribution in [0.3, 0.4) is 0 Å². The lowest BCUT2D eigenvalue weighted by Gasteiger charge is -2.14. The Kier molecular flexibility index (Phi) is 7.18. The van der Waals surface area contributed by atoms with Crippen molar-refractivity contribution in [3.8, 4) is 6.07 Å². The summed E-state index contributed by atoms with van der Waals surface area (Å²) < 4.78 is 0. The van der Waals surface area contributed by atoms with Gasteiger partial charge in [-0.3, -0.25) is 4.79 Å². The zero-order valence-corrected chi connectivity index (χ0v) is 10.1. The van der Waals surface area contributed by atoms with Crippen LogP contribution in [0.2, 0.25) is 0 Å². The molecule has 0 aromatic rings. The van der Waals surface area contributed by atoms with Crippen molar-refractivity contribution in [2.45, 2.75) is 20.3 Å². The first-order chi connectivity index (χ1) is 7.04. The fraction of sp³-hybridized carbons (Fsp3) is 0.800. The number of thioether (sulfide) groups is 1. The molecule has 4 nitrogen and oxygen atoms in total. The molecule has 0 unspecified atom stereocenters. The standard InChI is InChI=1S/C10H18N2O2S/c1-10(2,8-11)9(14)12-4-7-15-6-3-5-13/h13H,3-7H2,1-2H3,(H,12,14). The Morgan fingerprint density at radius 1 is 1.53 bits per heavy atom. The maximum absolute atomic E-state index is 11.4. The maximum Gasteiger partial charge on any atom is 0.239 e. The van der Waals surface area contributed by atoms with E-state index in [4.69, 9.17) is 10.4 Å². The van der Waals surface area contributed by atoms with E-state index in [2.05, 4.69) is 5.32 Å². The van der Waals surface area contributed by atoms with Crippen LogP contribution >= 0.6 is 11.8 Å². The minimum absolute atomic E-state index is 0.209. The molecule has 0 fully saturated rings. The van der Waals surface area contributed by atoms with Gasteiger partial charge in [-0.25, -0.2) is 0 Å². The predicted octanol–water partition coefficient (Wildman–Crippen LogP) is 0.768. The molecule has 0 aromatic carbocycles. The van der Waals surface area contributed by atoms with Crippen molar-refractivity contribution in [1.82, 2.24) is 5.32 Å². The molecule has 0 bridgehead atoms. The molecule has 0 heterocycles. The van der Waals surface area contributed by atoms with Gasteiger partial charge in [0.2, 0.25) is 5.91 Å². The number of amides is 1. The van der Waals surface area contributed by atoms with Crippen LogP contribution in [0.25, 0.3) is 0 Å². The highest BCUT2D eigenvalue weighted by molar-refractivity contribution is 7.99. The highest BCUT2D eigenvalue weighted by Gasteiger charge is 2.26. The second-order valence-corrected chi connectivity index (χ2v) is 4.91. The molecule has 1 amide bonds. The molecule has 0 rings (SSSR count). The van der Waals surface area contributed by atoms with Crippen LogP contribution in [-0.2, 0) is 4.79 Å². The predicted molar refractivity (Wildman–Crippen MR) is 61.4 cm³/mol. The average Bonchev–Trinajstić information content (AvgIpc) is 2.22. The van der Waals surface area contributed by atoms with Gasteiger partial charge >= 0.3 is 0 Å². The highest BCUT2D eigenvalue weighted by Crippen LogP contribution is 2.12. The van der Waals surface area contributed by atoms with E-state index in [1.807, 2.05) is 6.07 Å². The summed E-state index contributed by atoms with van der Waals surface area (Å²) in [7, 11) is 0. The van der Waals surface area contributed by atoms with E-state index in [-0.39, 0.29) is 12.5 Å². The molecule has 0 aliphatic heterocycles. The van der Waals surface area contributed by atoms with Gasteiger partial charge in [-0.1, -0.05) is 0 Å². The van der Waals surface area contributed by atoms with Gasteiger partial charge in [0.25, 0.3) is 0 Å². The van der Waals surface area contributed by atoms with E-state index in [0.717, 1.165) is 17.9 Å². The zero-order valence-electron chi connectivity index (χ0n) is 9.25. The van der Waals surface area contributed by atoms with Crippen LogP contribution in [0.4, 0.5) is 0 Å². The number of carbonyl (C=O) groups is 1. The number of hydrogen-bond acceptors (Lipinski definition) is 4. The summed E-state index contributed by atoms with van der Waals surface area (Å²) in [6, 6.07) is 1.95. The lowest BCUT2D eigenvalue weighted by atomic mass is 9.95. The number of carbonyl (C=O) groups excluding carboxylic acids is 1. The summed E-state index contributed by atoms with van der Waals surface area (Å²) in [5.41, 5.74) is -0.949. The first kappa shape index (κ1) is 14.3. The van der Waals surface area contributed by atoms with E-state index in [1.54, 1.807) is 25.6 Å². The molecular formula is C10H18N2O2S. The van der Waals surface area contributed by atoms with Crippen molar-refractivity contribution in [3.63, 3.8) is 0 Å². The number of rotatable bonds is 7. The molecule has 15 heavy (non-hydrogen) atoms. The first-order valence-corrected chi connectivity index (χ1v) is 6.08. The normalized spacial score (nSPS) is 10.8. The van der Waals surface area contributed by atoms with Crippen LogP contribution in [-0.4, -0.2) is 35.7 Å². The molecule has 2 N–H and O–H groups in total. The lowest BCUT2D eigenvalue weighted by Crippen LogP contribution is -2.37. The van der Waals surface area contributed by atoms with Gasteiger partial charge in [0.1, 0.15) is 5.41 Å². The van der Waals surface area contributed by atoms with E-state index < -0.39 is 5.41 Å². The van der Waals surface area contributed by atoms with Gasteiger partial charge in [0.05, 0.1) is 6.07 Å². The number of nitriles is 1. The number of hydrogen-bond donors (Lipinski definition) is 2. The van der Waals surface area contributed by atoms with Crippen molar-refractivity contribution in [2.75, 3.05) is 24.7 Å². The van der Waals surface area contributed by atoms with Gasteiger partial charge in [0, 0.05) is 18.9 Å².